The molecular weight excluding hydrogens is 320 g/mol. The number of aromatic nitrogens is 1. The van der Waals surface area contributed by atoms with Gasteiger partial charge in [-0.2, -0.15) is 0 Å². The number of hydrogen-bond donors (Lipinski definition) is 0. The van der Waals surface area contributed by atoms with Crippen molar-refractivity contribution in [1.82, 2.24) is 4.98 Å². The number of ether oxygens (including phenoxy) is 1. The van der Waals surface area contributed by atoms with Crippen LogP contribution in [-0.2, 0) is 10.9 Å². The molecule has 0 amide bonds. The average Bonchev–Trinajstić information content (AvgIpc) is 2.39. The van der Waals surface area contributed by atoms with Gasteiger partial charge in [0.25, 0.3) is 0 Å². The summed E-state index contributed by atoms with van der Waals surface area (Å²) in [5.41, 5.74) is -0.628. The van der Waals surface area contributed by atoms with E-state index in [4.69, 9.17) is 10.00 Å². The maximum absolute atomic E-state index is 12.6. The SMILES string of the molecule is N#Cc1ccc(C(F)(F)F)nc1[AsH]C1CCOCC1. The molecule has 2 rings (SSSR count). The molecule has 102 valence electrons. The van der Waals surface area contributed by atoms with E-state index < -0.39 is 27.6 Å². The third-order valence-corrected chi connectivity index (χ3v) is 6.31. The second-order valence-corrected chi connectivity index (χ2v) is 7.55. The molecule has 0 saturated carbocycles. The van der Waals surface area contributed by atoms with Crippen molar-refractivity contribution in [3.05, 3.63) is 23.4 Å². The van der Waals surface area contributed by atoms with Crippen LogP contribution >= 0.6 is 0 Å². The van der Waals surface area contributed by atoms with Crippen molar-refractivity contribution in [2.45, 2.75) is 23.7 Å². The standard InChI is InChI=1S/C12H12AsF3N2O/c14-12(15,16)10-2-1-8(7-17)11(18-10)13-9-3-5-19-6-4-9/h1-2,9,13H,3-6H2. The molecule has 0 aromatic carbocycles. The molecule has 0 radical (unpaired) electrons. The molecule has 0 aliphatic carbocycles. The maximum atomic E-state index is 12.6. The number of rotatable bonds is 2. The third kappa shape index (κ3) is 3.71. The Bertz CT molecular complexity index is 493. The third-order valence-electron chi connectivity index (χ3n) is 2.87. The van der Waals surface area contributed by atoms with Crippen LogP contribution in [0.5, 0.6) is 0 Å². The van der Waals surface area contributed by atoms with Crippen LogP contribution in [0.15, 0.2) is 12.1 Å². The number of nitriles is 1. The van der Waals surface area contributed by atoms with Crippen molar-refractivity contribution in [2.75, 3.05) is 13.2 Å². The predicted molar refractivity (Wildman–Crippen MR) is 64.5 cm³/mol. The van der Waals surface area contributed by atoms with Gasteiger partial charge in [-0.3, -0.25) is 0 Å². The zero-order valence-corrected chi connectivity index (χ0v) is 12.1. The van der Waals surface area contributed by atoms with Gasteiger partial charge in [0, 0.05) is 0 Å². The van der Waals surface area contributed by atoms with E-state index >= 15 is 0 Å². The first-order valence-corrected chi connectivity index (χ1v) is 8.09. The number of halogens is 3. The van der Waals surface area contributed by atoms with Crippen molar-refractivity contribution >= 4 is 20.2 Å². The summed E-state index contributed by atoms with van der Waals surface area (Å²) in [6.45, 7) is 1.30. The van der Waals surface area contributed by atoms with Crippen LogP contribution in [0.1, 0.15) is 24.1 Å². The number of nitrogens with zero attached hydrogens (tertiary/aromatic N) is 2. The normalized spacial score (nSPS) is 17.8. The van der Waals surface area contributed by atoms with E-state index in [9.17, 15) is 13.2 Å². The first kappa shape index (κ1) is 14.4. The summed E-state index contributed by atoms with van der Waals surface area (Å²) < 4.78 is 43.8. The summed E-state index contributed by atoms with van der Waals surface area (Å²) in [6, 6.07) is 4.04. The molecule has 1 saturated heterocycles. The first-order chi connectivity index (χ1) is 9.00. The first-order valence-electron chi connectivity index (χ1n) is 5.83. The summed E-state index contributed by atoms with van der Waals surface area (Å²) in [6.07, 6.45) is -2.75. The van der Waals surface area contributed by atoms with Gasteiger partial charge in [0.1, 0.15) is 0 Å². The fourth-order valence-electron chi connectivity index (χ4n) is 1.85. The molecule has 1 aliphatic rings. The monoisotopic (exact) mass is 332 g/mol. The minimum absolute atomic E-state index is 0.277. The number of alkyl halides is 3. The Kier molecular flexibility index (Phi) is 4.49. The number of pyridine rings is 1. The summed E-state index contributed by atoms with van der Waals surface area (Å²) in [5.74, 6) is 0. The van der Waals surface area contributed by atoms with Gasteiger partial charge in [0.05, 0.1) is 0 Å². The van der Waals surface area contributed by atoms with Gasteiger partial charge in [0.2, 0.25) is 0 Å². The van der Waals surface area contributed by atoms with Crippen LogP contribution in [0.4, 0.5) is 13.2 Å². The van der Waals surface area contributed by atoms with Crippen molar-refractivity contribution in [2.24, 2.45) is 0 Å². The molecule has 1 aromatic rings. The van der Waals surface area contributed by atoms with Gasteiger partial charge in [-0.25, -0.2) is 0 Å². The fraction of sp³-hybridized carbons (Fsp3) is 0.500. The quantitative estimate of drug-likeness (QED) is 0.774. The van der Waals surface area contributed by atoms with E-state index in [-0.39, 0.29) is 5.56 Å². The van der Waals surface area contributed by atoms with E-state index in [1.165, 1.54) is 6.07 Å². The molecule has 1 aliphatic heterocycles. The van der Waals surface area contributed by atoms with Gasteiger partial charge in [-0.05, 0) is 0 Å². The number of hydrogen-bond acceptors (Lipinski definition) is 3. The van der Waals surface area contributed by atoms with Crippen molar-refractivity contribution in [3.63, 3.8) is 0 Å². The van der Waals surface area contributed by atoms with Crippen LogP contribution in [0.2, 0.25) is 4.71 Å². The Hall–Kier alpha value is -1.05. The van der Waals surface area contributed by atoms with E-state index in [0.717, 1.165) is 18.9 Å². The predicted octanol–water partition coefficient (Wildman–Crippen LogP) is 1.63. The summed E-state index contributed by atoms with van der Waals surface area (Å²) in [5, 5.41) is 8.97. The molecule has 0 spiro atoms. The Labute approximate surface area is 115 Å². The van der Waals surface area contributed by atoms with Gasteiger partial charge in [0.15, 0.2) is 0 Å². The summed E-state index contributed by atoms with van der Waals surface area (Å²) in [7, 11) is 0. The van der Waals surface area contributed by atoms with Gasteiger partial charge < -0.3 is 0 Å². The van der Waals surface area contributed by atoms with Crippen LogP contribution in [0, 0.1) is 11.3 Å². The van der Waals surface area contributed by atoms with Crippen molar-refractivity contribution in [3.8, 4) is 6.07 Å². The molecule has 7 heteroatoms. The Morgan fingerprint density at radius 3 is 2.58 bits per heavy atom. The molecule has 0 bridgehead atoms. The average molecular weight is 332 g/mol. The zero-order chi connectivity index (χ0) is 13.9. The van der Waals surface area contributed by atoms with Crippen LogP contribution < -0.4 is 4.48 Å². The molecule has 2 heterocycles. The second-order valence-electron chi connectivity index (χ2n) is 4.23. The Morgan fingerprint density at radius 2 is 2.00 bits per heavy atom. The van der Waals surface area contributed by atoms with Crippen LogP contribution in [0.25, 0.3) is 0 Å². The second kappa shape index (κ2) is 5.94. The van der Waals surface area contributed by atoms with E-state index in [0.29, 0.717) is 22.4 Å². The van der Waals surface area contributed by atoms with Crippen molar-refractivity contribution in [1.29, 1.82) is 5.26 Å². The molecule has 1 fully saturated rings. The van der Waals surface area contributed by atoms with Gasteiger partial charge >= 0.3 is 115 Å². The molecule has 1 aromatic heterocycles. The molecule has 1 unspecified atom stereocenters. The summed E-state index contributed by atoms with van der Waals surface area (Å²) >= 11 is -0.851. The van der Waals surface area contributed by atoms with E-state index in [1.54, 1.807) is 0 Å². The van der Waals surface area contributed by atoms with Crippen molar-refractivity contribution < 1.29 is 17.9 Å². The molecular formula is C12H12AsF3N2O. The van der Waals surface area contributed by atoms with E-state index in [2.05, 4.69) is 4.98 Å². The molecule has 3 nitrogen and oxygen atoms in total. The Balaban J connectivity index is 2.23. The topological polar surface area (TPSA) is 45.9 Å². The van der Waals surface area contributed by atoms with E-state index in [1.807, 2.05) is 6.07 Å². The summed E-state index contributed by atoms with van der Waals surface area (Å²) in [4.78, 5) is 3.68. The zero-order valence-electron chi connectivity index (χ0n) is 10.00. The molecule has 0 N–H and O–H groups in total. The van der Waals surface area contributed by atoms with Crippen LogP contribution in [0.3, 0.4) is 0 Å². The Morgan fingerprint density at radius 1 is 1.32 bits per heavy atom. The minimum atomic E-state index is -4.45. The van der Waals surface area contributed by atoms with Gasteiger partial charge in [-0.1, -0.05) is 0 Å². The van der Waals surface area contributed by atoms with Crippen LogP contribution in [-0.4, -0.2) is 33.9 Å². The molecule has 19 heavy (non-hydrogen) atoms. The fourth-order valence-corrected chi connectivity index (χ4v) is 4.77. The van der Waals surface area contributed by atoms with Gasteiger partial charge in [-0.15, -0.1) is 0 Å². The molecule has 1 atom stereocenters.